The molecule has 1 aliphatic carbocycles. The Kier molecular flexibility index (Phi) is 4.11. The van der Waals surface area contributed by atoms with E-state index in [0.29, 0.717) is 6.61 Å². The molecule has 1 fully saturated rings. The maximum Gasteiger partial charge on any atom is 0.309 e. The molecule has 0 aromatic heterocycles. The average Bonchev–Trinajstić information content (AvgIpc) is 2.17. The first-order chi connectivity index (χ1) is 6.69. The molecule has 80 valence electrons. The fraction of sp³-hybridized carbons (Fsp3) is 0.818. The Balaban J connectivity index is 2.48. The number of rotatable bonds is 3. The largest absolute Gasteiger partial charge is 0.466 e. The Labute approximate surface area is 84.8 Å². The van der Waals surface area contributed by atoms with Crippen LogP contribution in [0.1, 0.15) is 33.1 Å². The lowest BCUT2D eigenvalue weighted by Crippen LogP contribution is -2.30. The molecule has 0 bridgehead atoms. The molecule has 0 amide bonds. The van der Waals surface area contributed by atoms with Gasteiger partial charge in [-0.1, -0.05) is 6.92 Å². The van der Waals surface area contributed by atoms with Crippen molar-refractivity contribution in [3.8, 4) is 0 Å². The van der Waals surface area contributed by atoms with Gasteiger partial charge in [0.1, 0.15) is 6.29 Å². The Morgan fingerprint density at radius 2 is 2.21 bits per heavy atom. The summed E-state index contributed by atoms with van der Waals surface area (Å²) in [5, 5.41) is 0. The van der Waals surface area contributed by atoms with Crippen molar-refractivity contribution in [2.75, 3.05) is 6.61 Å². The Morgan fingerprint density at radius 1 is 1.50 bits per heavy atom. The molecule has 1 aliphatic rings. The standard InChI is InChI=1S/C11H18O3/c1-3-14-11(13)10-5-4-9(7-12)6-8(10)2/h7-10H,3-6H2,1-2H3/t8-,9?,10+/m1/s1. The van der Waals surface area contributed by atoms with E-state index in [-0.39, 0.29) is 23.7 Å². The van der Waals surface area contributed by atoms with Gasteiger partial charge >= 0.3 is 5.97 Å². The molecule has 0 spiro atoms. The zero-order chi connectivity index (χ0) is 10.6. The molecular formula is C11H18O3. The molecule has 14 heavy (non-hydrogen) atoms. The van der Waals surface area contributed by atoms with Crippen LogP contribution in [0.5, 0.6) is 0 Å². The summed E-state index contributed by atoms with van der Waals surface area (Å²) in [6.07, 6.45) is 3.46. The lowest BCUT2D eigenvalue weighted by atomic mass is 9.75. The van der Waals surface area contributed by atoms with Crippen molar-refractivity contribution in [2.45, 2.75) is 33.1 Å². The summed E-state index contributed by atoms with van der Waals surface area (Å²) in [4.78, 5) is 22.1. The molecule has 3 heteroatoms. The second-order valence-electron chi connectivity index (χ2n) is 4.05. The summed E-state index contributed by atoms with van der Waals surface area (Å²) in [7, 11) is 0. The van der Waals surface area contributed by atoms with Crippen LogP contribution in [0, 0.1) is 17.8 Å². The SMILES string of the molecule is CCOC(=O)[C@H]1CCC(C=O)C[C@H]1C. The molecule has 3 nitrogen and oxygen atoms in total. The van der Waals surface area contributed by atoms with E-state index in [1.54, 1.807) is 0 Å². The van der Waals surface area contributed by atoms with E-state index in [1.807, 2.05) is 13.8 Å². The highest BCUT2D eigenvalue weighted by Gasteiger charge is 2.32. The van der Waals surface area contributed by atoms with Crippen LogP contribution in [-0.2, 0) is 14.3 Å². The van der Waals surface area contributed by atoms with Gasteiger partial charge < -0.3 is 9.53 Å². The van der Waals surface area contributed by atoms with Crippen LogP contribution in [0.2, 0.25) is 0 Å². The predicted octanol–water partition coefficient (Wildman–Crippen LogP) is 1.80. The van der Waals surface area contributed by atoms with Gasteiger partial charge in [0.05, 0.1) is 12.5 Å². The first-order valence-corrected chi connectivity index (χ1v) is 5.31. The van der Waals surface area contributed by atoms with E-state index in [4.69, 9.17) is 4.74 Å². The maximum atomic E-state index is 11.5. The van der Waals surface area contributed by atoms with Crippen molar-refractivity contribution in [1.82, 2.24) is 0 Å². The third-order valence-electron chi connectivity index (χ3n) is 2.99. The summed E-state index contributed by atoms with van der Waals surface area (Å²) in [6, 6.07) is 0. The summed E-state index contributed by atoms with van der Waals surface area (Å²) < 4.78 is 4.99. The molecule has 3 atom stereocenters. The van der Waals surface area contributed by atoms with Crippen molar-refractivity contribution in [3.05, 3.63) is 0 Å². The van der Waals surface area contributed by atoms with Crippen LogP contribution in [0.3, 0.4) is 0 Å². The Morgan fingerprint density at radius 3 is 2.71 bits per heavy atom. The number of carbonyl (C=O) groups excluding carboxylic acids is 2. The van der Waals surface area contributed by atoms with Gasteiger partial charge in [0, 0.05) is 5.92 Å². The van der Waals surface area contributed by atoms with Gasteiger partial charge in [0.25, 0.3) is 0 Å². The molecule has 0 aromatic carbocycles. The summed E-state index contributed by atoms with van der Waals surface area (Å²) >= 11 is 0. The van der Waals surface area contributed by atoms with Gasteiger partial charge in [-0.05, 0) is 32.1 Å². The molecule has 0 saturated heterocycles. The maximum absolute atomic E-state index is 11.5. The van der Waals surface area contributed by atoms with E-state index >= 15 is 0 Å². The monoisotopic (exact) mass is 198 g/mol. The van der Waals surface area contributed by atoms with Crippen LogP contribution in [-0.4, -0.2) is 18.9 Å². The quantitative estimate of drug-likeness (QED) is 0.513. The minimum atomic E-state index is -0.0932. The predicted molar refractivity (Wildman–Crippen MR) is 52.7 cm³/mol. The normalized spacial score (nSPS) is 32.3. The number of hydrogen-bond acceptors (Lipinski definition) is 3. The highest BCUT2D eigenvalue weighted by molar-refractivity contribution is 5.73. The van der Waals surface area contributed by atoms with Gasteiger partial charge in [-0.25, -0.2) is 0 Å². The molecule has 1 saturated carbocycles. The van der Waals surface area contributed by atoms with Crippen LogP contribution in [0.15, 0.2) is 0 Å². The first kappa shape index (κ1) is 11.2. The second-order valence-corrected chi connectivity index (χ2v) is 4.05. The second kappa shape index (κ2) is 5.13. The van der Waals surface area contributed by atoms with Crippen LogP contribution >= 0.6 is 0 Å². The third kappa shape index (κ3) is 2.56. The lowest BCUT2D eigenvalue weighted by molar-refractivity contribution is -0.151. The summed E-state index contributed by atoms with van der Waals surface area (Å²) in [5.41, 5.74) is 0. The Bertz CT molecular complexity index is 213. The molecular weight excluding hydrogens is 180 g/mol. The number of ether oxygens (including phenoxy) is 1. The van der Waals surface area contributed by atoms with Crippen molar-refractivity contribution in [1.29, 1.82) is 0 Å². The minimum Gasteiger partial charge on any atom is -0.466 e. The van der Waals surface area contributed by atoms with Gasteiger partial charge in [-0.3, -0.25) is 4.79 Å². The van der Waals surface area contributed by atoms with Gasteiger partial charge in [0.2, 0.25) is 0 Å². The third-order valence-corrected chi connectivity index (χ3v) is 2.99. The summed E-state index contributed by atoms with van der Waals surface area (Å²) in [5.74, 6) is 0.337. The minimum absolute atomic E-state index is 0.00569. The Hall–Kier alpha value is -0.860. The molecule has 0 heterocycles. The van der Waals surface area contributed by atoms with Gasteiger partial charge in [-0.15, -0.1) is 0 Å². The highest BCUT2D eigenvalue weighted by atomic mass is 16.5. The summed E-state index contributed by atoms with van der Waals surface area (Å²) in [6.45, 7) is 4.29. The molecule has 0 radical (unpaired) electrons. The fourth-order valence-electron chi connectivity index (χ4n) is 2.16. The topological polar surface area (TPSA) is 43.4 Å². The van der Waals surface area contributed by atoms with Crippen molar-refractivity contribution in [3.63, 3.8) is 0 Å². The lowest BCUT2D eigenvalue weighted by Gasteiger charge is -2.29. The van der Waals surface area contributed by atoms with Crippen molar-refractivity contribution < 1.29 is 14.3 Å². The number of esters is 1. The molecule has 0 aliphatic heterocycles. The van der Waals surface area contributed by atoms with E-state index in [1.165, 1.54) is 0 Å². The number of carbonyl (C=O) groups is 2. The van der Waals surface area contributed by atoms with E-state index in [2.05, 4.69) is 0 Å². The zero-order valence-corrected chi connectivity index (χ0v) is 8.86. The smallest absolute Gasteiger partial charge is 0.309 e. The van der Waals surface area contributed by atoms with Crippen molar-refractivity contribution in [2.24, 2.45) is 17.8 Å². The van der Waals surface area contributed by atoms with Crippen LogP contribution in [0.4, 0.5) is 0 Å². The molecule has 1 rings (SSSR count). The highest BCUT2D eigenvalue weighted by Crippen LogP contribution is 2.33. The molecule has 0 aromatic rings. The fourth-order valence-corrected chi connectivity index (χ4v) is 2.16. The zero-order valence-electron chi connectivity index (χ0n) is 8.86. The van der Waals surface area contributed by atoms with Crippen molar-refractivity contribution >= 4 is 12.3 Å². The average molecular weight is 198 g/mol. The molecule has 0 N–H and O–H groups in total. The van der Waals surface area contributed by atoms with Crippen LogP contribution in [0.25, 0.3) is 0 Å². The van der Waals surface area contributed by atoms with E-state index in [9.17, 15) is 9.59 Å². The number of hydrogen-bond donors (Lipinski definition) is 0. The number of aldehydes is 1. The molecule has 1 unspecified atom stereocenters. The first-order valence-electron chi connectivity index (χ1n) is 5.31. The van der Waals surface area contributed by atoms with E-state index < -0.39 is 0 Å². The van der Waals surface area contributed by atoms with E-state index in [0.717, 1.165) is 25.5 Å². The van der Waals surface area contributed by atoms with Gasteiger partial charge in [-0.2, -0.15) is 0 Å². The van der Waals surface area contributed by atoms with Crippen LogP contribution < -0.4 is 0 Å². The van der Waals surface area contributed by atoms with Gasteiger partial charge in [0.15, 0.2) is 0 Å².